The van der Waals surface area contributed by atoms with Gasteiger partial charge in [0.1, 0.15) is 5.69 Å². The topological polar surface area (TPSA) is 77.6 Å². The molecule has 1 unspecified atom stereocenters. The van der Waals surface area contributed by atoms with Crippen molar-refractivity contribution in [2.45, 2.75) is 33.9 Å². The lowest BCUT2D eigenvalue weighted by Gasteiger charge is -2.13. The minimum absolute atomic E-state index is 0.131. The highest BCUT2D eigenvalue weighted by atomic mass is 16.1. The van der Waals surface area contributed by atoms with E-state index >= 15 is 0 Å². The maximum atomic E-state index is 12.5. The molecule has 1 aromatic carbocycles. The van der Waals surface area contributed by atoms with Crippen molar-refractivity contribution >= 4 is 12.0 Å². The molecule has 0 saturated carbocycles. The molecule has 7 nitrogen and oxygen atoms in total. The highest BCUT2D eigenvalue weighted by molar-refractivity contribution is 5.92. The number of nitrogens with zero attached hydrogens (tertiary/aromatic N) is 5. The van der Waals surface area contributed by atoms with E-state index in [4.69, 9.17) is 5.10 Å². The molecule has 0 bridgehead atoms. The van der Waals surface area contributed by atoms with Gasteiger partial charge in [-0.2, -0.15) is 10.2 Å². The van der Waals surface area contributed by atoms with Crippen LogP contribution in [0.3, 0.4) is 0 Å². The maximum absolute atomic E-state index is 12.5. The van der Waals surface area contributed by atoms with Gasteiger partial charge in [-0.05, 0) is 49.6 Å². The van der Waals surface area contributed by atoms with Crippen molar-refractivity contribution in [1.82, 2.24) is 29.9 Å². The summed E-state index contributed by atoms with van der Waals surface area (Å²) >= 11 is 0. The van der Waals surface area contributed by atoms with Crippen LogP contribution in [0.1, 0.15) is 29.4 Å². The van der Waals surface area contributed by atoms with Gasteiger partial charge in [-0.3, -0.25) is 19.1 Å². The smallest absolute Gasteiger partial charge is 0.244 e. The quantitative estimate of drug-likeness (QED) is 0.383. The van der Waals surface area contributed by atoms with E-state index in [0.29, 0.717) is 13.1 Å². The fourth-order valence-electron chi connectivity index (χ4n) is 3.86. The molecule has 1 N–H and O–H groups in total. The third-order valence-electron chi connectivity index (χ3n) is 5.54. The molecule has 7 heteroatoms. The molecule has 4 rings (SSSR count). The van der Waals surface area contributed by atoms with Crippen LogP contribution >= 0.6 is 0 Å². The molecule has 1 amide bonds. The van der Waals surface area contributed by atoms with Crippen LogP contribution in [-0.2, 0) is 17.9 Å². The maximum Gasteiger partial charge on any atom is 0.244 e. The van der Waals surface area contributed by atoms with Crippen molar-refractivity contribution in [3.8, 4) is 11.3 Å². The second kappa shape index (κ2) is 10.7. The third kappa shape index (κ3) is 6.07. The summed E-state index contributed by atoms with van der Waals surface area (Å²) in [4.78, 5) is 16.8. The second-order valence-electron chi connectivity index (χ2n) is 8.65. The van der Waals surface area contributed by atoms with Crippen molar-refractivity contribution in [2.75, 3.05) is 6.54 Å². The van der Waals surface area contributed by atoms with E-state index in [-0.39, 0.29) is 11.8 Å². The zero-order valence-corrected chi connectivity index (χ0v) is 19.8. The van der Waals surface area contributed by atoms with Crippen molar-refractivity contribution in [3.05, 3.63) is 95.7 Å². The van der Waals surface area contributed by atoms with Crippen LogP contribution in [0.5, 0.6) is 0 Å². The molecular formula is C27H30N6O. The summed E-state index contributed by atoms with van der Waals surface area (Å²) in [7, 11) is 0. The van der Waals surface area contributed by atoms with E-state index in [1.165, 1.54) is 0 Å². The Balaban J connectivity index is 1.43. The largest absolute Gasteiger partial charge is 0.352 e. The molecule has 0 aliphatic rings. The number of nitrogens with one attached hydrogen (secondary N) is 1. The van der Waals surface area contributed by atoms with Gasteiger partial charge in [0.25, 0.3) is 0 Å². The minimum atomic E-state index is -0.131. The third-order valence-corrected chi connectivity index (χ3v) is 5.54. The molecule has 1 atom stereocenters. The SMILES string of the molecule is Cc1cc(C)n(CC(C)CNC(=O)C=Cc2cn(Cc3ccccc3)nc2-c2cccnc2)n1. The number of carbonyl (C=O) groups excluding carboxylic acids is 1. The van der Waals surface area contributed by atoms with Gasteiger partial charge in [-0.25, -0.2) is 0 Å². The van der Waals surface area contributed by atoms with Crippen LogP contribution in [0, 0.1) is 19.8 Å². The van der Waals surface area contributed by atoms with Gasteiger partial charge in [0.15, 0.2) is 0 Å². The standard InChI is InChI=1S/C27H30N6O/c1-20(17-33-22(3)14-21(2)30-33)15-29-26(34)12-11-25-19-32(18-23-8-5-4-6-9-23)31-27(25)24-10-7-13-28-16-24/h4-14,16,19-20H,15,17-18H2,1-3H3,(H,29,34). The van der Waals surface area contributed by atoms with Crippen LogP contribution in [0.2, 0.25) is 0 Å². The molecule has 0 saturated heterocycles. The first-order chi connectivity index (χ1) is 16.5. The van der Waals surface area contributed by atoms with Crippen molar-refractivity contribution in [2.24, 2.45) is 5.92 Å². The van der Waals surface area contributed by atoms with Gasteiger partial charge >= 0.3 is 0 Å². The van der Waals surface area contributed by atoms with Gasteiger partial charge in [-0.15, -0.1) is 0 Å². The van der Waals surface area contributed by atoms with Crippen LogP contribution in [-0.4, -0.2) is 37.0 Å². The van der Waals surface area contributed by atoms with Crippen LogP contribution in [0.25, 0.3) is 17.3 Å². The zero-order chi connectivity index (χ0) is 23.9. The first kappa shape index (κ1) is 23.2. The van der Waals surface area contributed by atoms with Gasteiger partial charge in [0, 0.05) is 54.6 Å². The fourth-order valence-corrected chi connectivity index (χ4v) is 3.86. The number of rotatable bonds is 9. The number of hydrogen-bond acceptors (Lipinski definition) is 4. The van der Waals surface area contributed by atoms with Gasteiger partial charge in [0.05, 0.1) is 12.2 Å². The van der Waals surface area contributed by atoms with Gasteiger partial charge in [0.2, 0.25) is 5.91 Å². The van der Waals surface area contributed by atoms with E-state index in [0.717, 1.165) is 40.3 Å². The predicted molar refractivity (Wildman–Crippen MR) is 134 cm³/mol. The van der Waals surface area contributed by atoms with Crippen LogP contribution in [0.4, 0.5) is 0 Å². The Morgan fingerprint density at radius 2 is 1.94 bits per heavy atom. The monoisotopic (exact) mass is 454 g/mol. The summed E-state index contributed by atoms with van der Waals surface area (Å²) in [5.74, 6) is 0.128. The number of benzene rings is 1. The molecule has 174 valence electrons. The van der Waals surface area contributed by atoms with E-state index in [1.807, 2.05) is 65.8 Å². The Morgan fingerprint density at radius 1 is 1.12 bits per heavy atom. The number of amides is 1. The molecule has 34 heavy (non-hydrogen) atoms. The summed E-state index contributed by atoms with van der Waals surface area (Å²) in [6, 6.07) is 16.1. The Hall–Kier alpha value is -4.00. The summed E-state index contributed by atoms with van der Waals surface area (Å²) in [6.07, 6.45) is 8.87. The second-order valence-corrected chi connectivity index (χ2v) is 8.65. The first-order valence-corrected chi connectivity index (χ1v) is 11.5. The van der Waals surface area contributed by atoms with E-state index < -0.39 is 0 Å². The van der Waals surface area contributed by atoms with Gasteiger partial charge < -0.3 is 5.32 Å². The van der Waals surface area contributed by atoms with Crippen molar-refractivity contribution in [3.63, 3.8) is 0 Å². The number of carbonyl (C=O) groups is 1. The van der Waals surface area contributed by atoms with Gasteiger partial charge in [-0.1, -0.05) is 37.3 Å². The molecule has 0 aliphatic heterocycles. The lowest BCUT2D eigenvalue weighted by molar-refractivity contribution is -0.116. The number of aromatic nitrogens is 5. The average Bonchev–Trinajstić information content (AvgIpc) is 3.39. The molecule has 0 spiro atoms. The van der Waals surface area contributed by atoms with E-state index in [9.17, 15) is 4.79 Å². The fraction of sp³-hybridized carbons (Fsp3) is 0.259. The predicted octanol–water partition coefficient (Wildman–Crippen LogP) is 4.27. The van der Waals surface area contributed by atoms with E-state index in [1.54, 1.807) is 18.5 Å². The summed E-state index contributed by atoms with van der Waals surface area (Å²) in [6.45, 7) is 8.13. The van der Waals surface area contributed by atoms with Crippen molar-refractivity contribution < 1.29 is 4.79 Å². The first-order valence-electron chi connectivity index (χ1n) is 11.5. The molecular weight excluding hydrogens is 424 g/mol. The lowest BCUT2D eigenvalue weighted by atomic mass is 10.1. The Labute approximate surface area is 200 Å². The van der Waals surface area contributed by atoms with Crippen LogP contribution in [0.15, 0.2) is 73.2 Å². The highest BCUT2D eigenvalue weighted by Crippen LogP contribution is 2.23. The lowest BCUT2D eigenvalue weighted by Crippen LogP contribution is -2.29. The summed E-state index contributed by atoms with van der Waals surface area (Å²) < 4.78 is 3.88. The zero-order valence-electron chi connectivity index (χ0n) is 19.8. The normalized spacial score (nSPS) is 12.2. The average molecular weight is 455 g/mol. The summed E-state index contributed by atoms with van der Waals surface area (Å²) in [5, 5.41) is 12.3. The summed E-state index contributed by atoms with van der Waals surface area (Å²) in [5.41, 5.74) is 5.88. The Morgan fingerprint density at radius 3 is 2.65 bits per heavy atom. The Bertz CT molecular complexity index is 1260. The molecule has 0 aliphatic carbocycles. The molecule has 3 heterocycles. The number of hydrogen-bond donors (Lipinski definition) is 1. The molecule has 4 aromatic rings. The van der Waals surface area contributed by atoms with E-state index in [2.05, 4.69) is 40.5 Å². The highest BCUT2D eigenvalue weighted by Gasteiger charge is 2.11. The molecule has 0 radical (unpaired) electrons. The van der Waals surface area contributed by atoms with Crippen LogP contribution < -0.4 is 5.32 Å². The Kier molecular flexibility index (Phi) is 7.32. The minimum Gasteiger partial charge on any atom is -0.352 e. The number of aryl methyl sites for hydroxylation is 2. The molecule has 0 fully saturated rings. The van der Waals surface area contributed by atoms with Crippen molar-refractivity contribution in [1.29, 1.82) is 0 Å². The number of pyridine rings is 1. The molecule has 3 aromatic heterocycles.